The first kappa shape index (κ1) is 12.7. The zero-order valence-corrected chi connectivity index (χ0v) is 12.0. The molecule has 2 heterocycles. The minimum Gasteiger partial charge on any atom is -0.440 e. The van der Waals surface area contributed by atoms with E-state index in [2.05, 4.69) is 42.8 Å². The highest BCUT2D eigenvalue weighted by Crippen LogP contribution is 2.29. The Labute approximate surface area is 114 Å². The molecule has 0 bridgehead atoms. The maximum Gasteiger partial charge on any atom is 0.199 e. The second-order valence-electron chi connectivity index (χ2n) is 6.16. The minimum absolute atomic E-state index is 0.464. The highest BCUT2D eigenvalue weighted by atomic mass is 16.3. The van der Waals surface area contributed by atoms with Gasteiger partial charge in [-0.2, -0.15) is 0 Å². The topological polar surface area (TPSA) is 29.3 Å². The number of benzene rings is 1. The van der Waals surface area contributed by atoms with Gasteiger partial charge in [0, 0.05) is 19.0 Å². The molecule has 0 aliphatic carbocycles. The molecule has 3 rings (SSSR count). The van der Waals surface area contributed by atoms with Crippen LogP contribution in [0.25, 0.3) is 11.1 Å². The van der Waals surface area contributed by atoms with Gasteiger partial charge < -0.3 is 9.32 Å². The molecule has 0 saturated carbocycles. The normalized spacial score (nSPS) is 20.7. The van der Waals surface area contributed by atoms with Gasteiger partial charge in [0.1, 0.15) is 5.52 Å². The number of rotatable bonds is 3. The number of nitrogens with zero attached hydrogens (tertiary/aromatic N) is 2. The molecule has 1 saturated heterocycles. The molecule has 1 aromatic heterocycles. The van der Waals surface area contributed by atoms with Crippen molar-refractivity contribution in [3.05, 3.63) is 29.7 Å². The van der Waals surface area contributed by atoms with E-state index in [-0.39, 0.29) is 0 Å². The summed E-state index contributed by atoms with van der Waals surface area (Å²) in [6, 6.07) is 6.21. The molecule has 19 heavy (non-hydrogen) atoms. The van der Waals surface area contributed by atoms with Crippen LogP contribution in [-0.2, 0) is 0 Å². The molecular formula is C16H22N2O. The lowest BCUT2D eigenvalue weighted by molar-refractivity contribution is 0.291. The van der Waals surface area contributed by atoms with E-state index in [0.717, 1.165) is 29.5 Å². The Morgan fingerprint density at radius 2 is 2.26 bits per heavy atom. The fourth-order valence-electron chi connectivity index (χ4n) is 2.95. The Kier molecular flexibility index (Phi) is 3.31. The van der Waals surface area contributed by atoms with Gasteiger partial charge in [0.2, 0.25) is 0 Å². The number of likely N-dealkylation sites (tertiary alicyclic amines) is 1. The van der Waals surface area contributed by atoms with Gasteiger partial charge in [0.25, 0.3) is 0 Å². The highest BCUT2D eigenvalue weighted by Gasteiger charge is 2.27. The SMILES string of the molecule is Cc1ccc2oc(C3CCN(CC(C)C)C3)nc2c1. The molecule has 3 nitrogen and oxygen atoms in total. The number of aromatic nitrogens is 1. The lowest BCUT2D eigenvalue weighted by Crippen LogP contribution is -2.24. The van der Waals surface area contributed by atoms with Gasteiger partial charge in [0.05, 0.1) is 0 Å². The van der Waals surface area contributed by atoms with Gasteiger partial charge >= 0.3 is 0 Å². The quantitative estimate of drug-likeness (QED) is 0.842. The first-order valence-electron chi connectivity index (χ1n) is 7.21. The van der Waals surface area contributed by atoms with E-state index in [1.807, 2.05) is 6.07 Å². The molecule has 1 aliphatic heterocycles. The van der Waals surface area contributed by atoms with Crippen LogP contribution in [0, 0.1) is 12.8 Å². The van der Waals surface area contributed by atoms with Crippen LogP contribution in [0.4, 0.5) is 0 Å². The Bertz CT molecular complexity index is 573. The number of aryl methyl sites for hydroxylation is 1. The smallest absolute Gasteiger partial charge is 0.199 e. The van der Waals surface area contributed by atoms with Crippen LogP contribution in [0.5, 0.6) is 0 Å². The first-order chi connectivity index (χ1) is 9.11. The molecule has 1 atom stereocenters. The summed E-state index contributed by atoms with van der Waals surface area (Å²) in [5.74, 6) is 2.11. The van der Waals surface area contributed by atoms with Gasteiger partial charge in [-0.05, 0) is 43.5 Å². The van der Waals surface area contributed by atoms with E-state index >= 15 is 0 Å². The molecule has 1 aromatic carbocycles. The Morgan fingerprint density at radius 3 is 3.05 bits per heavy atom. The lowest BCUT2D eigenvalue weighted by atomic mass is 10.1. The third-order valence-corrected chi connectivity index (χ3v) is 3.80. The Hall–Kier alpha value is -1.35. The molecule has 0 N–H and O–H groups in total. The summed E-state index contributed by atoms with van der Waals surface area (Å²) >= 11 is 0. The molecule has 1 fully saturated rings. The van der Waals surface area contributed by atoms with Crippen LogP contribution in [0.15, 0.2) is 22.6 Å². The summed E-state index contributed by atoms with van der Waals surface area (Å²) in [4.78, 5) is 7.20. The zero-order valence-electron chi connectivity index (χ0n) is 12.0. The van der Waals surface area contributed by atoms with Crippen molar-refractivity contribution < 1.29 is 4.42 Å². The van der Waals surface area contributed by atoms with E-state index in [1.165, 1.54) is 25.1 Å². The molecule has 0 amide bonds. The monoisotopic (exact) mass is 258 g/mol. The molecule has 0 radical (unpaired) electrons. The van der Waals surface area contributed by atoms with Crippen molar-refractivity contribution in [2.45, 2.75) is 33.1 Å². The van der Waals surface area contributed by atoms with Crippen molar-refractivity contribution in [3.63, 3.8) is 0 Å². The number of fused-ring (bicyclic) bond motifs is 1. The minimum atomic E-state index is 0.464. The summed E-state index contributed by atoms with van der Waals surface area (Å²) < 4.78 is 5.92. The highest BCUT2D eigenvalue weighted by molar-refractivity contribution is 5.73. The van der Waals surface area contributed by atoms with Crippen LogP contribution in [0.2, 0.25) is 0 Å². The van der Waals surface area contributed by atoms with E-state index in [9.17, 15) is 0 Å². The van der Waals surface area contributed by atoms with Crippen molar-refractivity contribution in [1.82, 2.24) is 9.88 Å². The molecule has 1 aliphatic rings. The fraction of sp³-hybridized carbons (Fsp3) is 0.562. The summed E-state index contributed by atoms with van der Waals surface area (Å²) in [6.07, 6.45) is 1.17. The molecule has 2 aromatic rings. The van der Waals surface area contributed by atoms with Gasteiger partial charge in [-0.1, -0.05) is 19.9 Å². The summed E-state index contributed by atoms with van der Waals surface area (Å²) in [7, 11) is 0. The largest absolute Gasteiger partial charge is 0.440 e. The molecule has 1 unspecified atom stereocenters. The van der Waals surface area contributed by atoms with Crippen molar-refractivity contribution in [3.8, 4) is 0 Å². The average molecular weight is 258 g/mol. The van der Waals surface area contributed by atoms with E-state index < -0.39 is 0 Å². The second kappa shape index (κ2) is 4.97. The van der Waals surface area contributed by atoms with Crippen LogP contribution in [-0.4, -0.2) is 29.5 Å². The maximum atomic E-state index is 5.92. The predicted molar refractivity (Wildman–Crippen MR) is 77.4 cm³/mol. The summed E-state index contributed by atoms with van der Waals surface area (Å²) in [5.41, 5.74) is 3.15. The Morgan fingerprint density at radius 1 is 1.42 bits per heavy atom. The molecule has 0 spiro atoms. The van der Waals surface area contributed by atoms with Crippen molar-refractivity contribution >= 4 is 11.1 Å². The maximum absolute atomic E-state index is 5.92. The molecule has 3 heteroatoms. The third-order valence-electron chi connectivity index (χ3n) is 3.80. The number of hydrogen-bond acceptors (Lipinski definition) is 3. The van der Waals surface area contributed by atoms with E-state index in [4.69, 9.17) is 4.42 Å². The van der Waals surface area contributed by atoms with Gasteiger partial charge in [-0.3, -0.25) is 0 Å². The van der Waals surface area contributed by atoms with Gasteiger partial charge in [-0.25, -0.2) is 4.98 Å². The van der Waals surface area contributed by atoms with Crippen LogP contribution < -0.4 is 0 Å². The third kappa shape index (κ3) is 2.66. The van der Waals surface area contributed by atoms with Crippen LogP contribution in [0.3, 0.4) is 0 Å². The van der Waals surface area contributed by atoms with E-state index in [1.54, 1.807) is 0 Å². The second-order valence-corrected chi connectivity index (χ2v) is 6.16. The average Bonchev–Trinajstić information content (AvgIpc) is 2.93. The Balaban J connectivity index is 1.78. The standard InChI is InChI=1S/C16H22N2O/c1-11(2)9-18-7-6-13(10-18)16-17-14-8-12(3)4-5-15(14)19-16/h4-5,8,11,13H,6-7,9-10H2,1-3H3. The fourth-order valence-corrected chi connectivity index (χ4v) is 2.95. The van der Waals surface area contributed by atoms with Gasteiger partial charge in [-0.15, -0.1) is 0 Å². The number of hydrogen-bond donors (Lipinski definition) is 0. The van der Waals surface area contributed by atoms with Crippen molar-refractivity contribution in [1.29, 1.82) is 0 Å². The van der Waals surface area contributed by atoms with E-state index in [0.29, 0.717) is 5.92 Å². The van der Waals surface area contributed by atoms with Crippen molar-refractivity contribution in [2.75, 3.05) is 19.6 Å². The predicted octanol–water partition coefficient (Wildman–Crippen LogP) is 3.58. The van der Waals surface area contributed by atoms with Crippen LogP contribution >= 0.6 is 0 Å². The summed E-state index contributed by atoms with van der Waals surface area (Å²) in [5, 5.41) is 0. The molecular weight excluding hydrogens is 236 g/mol. The first-order valence-corrected chi connectivity index (χ1v) is 7.21. The number of oxazole rings is 1. The zero-order chi connectivity index (χ0) is 13.4. The van der Waals surface area contributed by atoms with Gasteiger partial charge in [0.15, 0.2) is 11.5 Å². The molecule has 102 valence electrons. The van der Waals surface area contributed by atoms with Crippen LogP contribution in [0.1, 0.15) is 37.6 Å². The van der Waals surface area contributed by atoms with Crippen molar-refractivity contribution in [2.24, 2.45) is 5.92 Å². The summed E-state index contributed by atoms with van der Waals surface area (Å²) in [6.45, 7) is 10.1. The lowest BCUT2D eigenvalue weighted by Gasteiger charge is -2.17.